The molecule has 1 radical (unpaired) electrons. The Hall–Kier alpha value is -4.08. The second-order valence-electron chi connectivity index (χ2n) is 8.94. The van der Waals surface area contributed by atoms with Crippen molar-refractivity contribution in [2.45, 2.75) is 5.41 Å². The molecule has 0 saturated heterocycles. The van der Waals surface area contributed by atoms with E-state index >= 15 is 0 Å². The van der Waals surface area contributed by atoms with Crippen LogP contribution < -0.4 is 5.46 Å². The molecular weight excluding hydrogens is 413 g/mol. The summed E-state index contributed by atoms with van der Waals surface area (Å²) < 4.78 is 2.40. The van der Waals surface area contributed by atoms with E-state index in [2.05, 4.69) is 120 Å². The zero-order valence-electron chi connectivity index (χ0n) is 18.5. The molecule has 0 amide bonds. The Morgan fingerprint density at radius 2 is 1.24 bits per heavy atom. The first-order valence-electron chi connectivity index (χ1n) is 11.6. The van der Waals surface area contributed by atoms with Crippen LogP contribution in [-0.4, -0.2) is 17.1 Å². The minimum absolute atomic E-state index is 0.449. The first-order chi connectivity index (χ1) is 16.8. The van der Waals surface area contributed by atoms with Gasteiger partial charge in [0, 0.05) is 10.8 Å². The molecule has 2 nitrogen and oxygen atoms in total. The average Bonchev–Trinajstić information content (AvgIpc) is 3.25. The highest BCUT2D eigenvalue weighted by molar-refractivity contribution is 6.46. The fourth-order valence-corrected chi connectivity index (χ4v) is 6.02. The summed E-state index contributed by atoms with van der Waals surface area (Å²) >= 11 is 0. The molecule has 0 bridgehead atoms. The third-order valence-corrected chi connectivity index (χ3v) is 7.33. The van der Waals surface area contributed by atoms with Crippen LogP contribution in [0.5, 0.6) is 0 Å². The van der Waals surface area contributed by atoms with E-state index in [1.807, 2.05) is 6.07 Å². The highest BCUT2D eigenvalue weighted by Gasteiger charge is 2.44. The maximum Gasteiger partial charge on any atom is 0.326 e. The van der Waals surface area contributed by atoms with Gasteiger partial charge in [-0.15, -0.1) is 0 Å². The zero-order valence-corrected chi connectivity index (χ0v) is 18.5. The third kappa shape index (κ3) is 2.40. The molecule has 3 heteroatoms. The van der Waals surface area contributed by atoms with Crippen LogP contribution in [0.15, 0.2) is 121 Å². The number of hydrogen-bond acceptors (Lipinski definition) is 1. The van der Waals surface area contributed by atoms with Crippen molar-refractivity contribution in [3.8, 4) is 5.69 Å². The fourth-order valence-electron chi connectivity index (χ4n) is 6.02. The van der Waals surface area contributed by atoms with Crippen LogP contribution in [0.4, 0.5) is 0 Å². The molecule has 6 aromatic rings. The number of nitrogens with zero attached hydrogens (tertiary/aromatic N) is 1. The van der Waals surface area contributed by atoms with Gasteiger partial charge in [-0.25, -0.2) is 0 Å². The molecule has 7 rings (SSSR count). The largest absolute Gasteiger partial charge is 0.450 e. The van der Waals surface area contributed by atoms with Crippen molar-refractivity contribution in [3.05, 3.63) is 144 Å². The van der Waals surface area contributed by atoms with Crippen LogP contribution in [0.1, 0.15) is 22.3 Å². The Bertz CT molecular complexity index is 1650. The van der Waals surface area contributed by atoms with E-state index in [1.165, 1.54) is 46.3 Å². The lowest BCUT2D eigenvalue weighted by molar-refractivity contribution is 0.615. The lowest BCUT2D eigenvalue weighted by Gasteiger charge is -2.41. The normalized spacial score (nSPS) is 13.7. The van der Waals surface area contributed by atoms with E-state index in [0.717, 1.165) is 16.4 Å². The number of aromatic nitrogens is 1. The molecule has 1 aromatic heterocycles. The number of hydrogen-bond donors (Lipinski definition) is 1. The van der Waals surface area contributed by atoms with Crippen molar-refractivity contribution in [2.75, 3.05) is 0 Å². The van der Waals surface area contributed by atoms with Crippen LogP contribution in [-0.2, 0) is 5.41 Å². The summed E-state index contributed by atoms with van der Waals surface area (Å²) in [5, 5.41) is 12.0. The highest BCUT2D eigenvalue weighted by atomic mass is 16.2. The Kier molecular flexibility index (Phi) is 4.11. The minimum atomic E-state index is -0.449. The standard InChI is InChI=1S/C31H21BNO/c34-32-23-18-19-28-25(20-23)24-14-9-16-27-30(24)33(28)29-17-8-7-15-26(29)31(27,21-10-3-1-4-11-21)22-12-5-2-6-13-22/h1-20,34H. The molecule has 5 aromatic carbocycles. The second kappa shape index (κ2) is 7.21. The SMILES string of the molecule is O[B]c1ccc2c(c1)c1cccc3c1n2-c1ccccc1C3(c1ccccc1)c1ccccc1. The van der Waals surface area contributed by atoms with Gasteiger partial charge in [-0.2, -0.15) is 0 Å². The zero-order chi connectivity index (χ0) is 22.7. The van der Waals surface area contributed by atoms with Gasteiger partial charge in [-0.1, -0.05) is 115 Å². The number of rotatable bonds is 3. The number of benzene rings is 5. The molecule has 1 aliphatic rings. The molecule has 0 fully saturated rings. The topological polar surface area (TPSA) is 25.2 Å². The van der Waals surface area contributed by atoms with Gasteiger partial charge in [0.2, 0.25) is 0 Å². The fraction of sp³-hybridized carbons (Fsp3) is 0.0323. The summed E-state index contributed by atoms with van der Waals surface area (Å²) in [6, 6.07) is 43.3. The average molecular weight is 434 g/mol. The molecule has 0 saturated carbocycles. The summed E-state index contributed by atoms with van der Waals surface area (Å²) in [4.78, 5) is 0. The van der Waals surface area contributed by atoms with Gasteiger partial charge in [0.15, 0.2) is 0 Å². The molecule has 2 heterocycles. The van der Waals surface area contributed by atoms with Gasteiger partial charge < -0.3 is 9.59 Å². The quantitative estimate of drug-likeness (QED) is 0.354. The number of para-hydroxylation sites is 2. The van der Waals surface area contributed by atoms with E-state index in [1.54, 1.807) is 0 Å². The van der Waals surface area contributed by atoms with Crippen LogP contribution in [0.25, 0.3) is 27.5 Å². The Labute approximate surface area is 199 Å². The van der Waals surface area contributed by atoms with E-state index in [0.29, 0.717) is 0 Å². The molecular formula is C31H21BNO. The Balaban J connectivity index is 1.76. The Morgan fingerprint density at radius 3 is 1.94 bits per heavy atom. The summed E-state index contributed by atoms with van der Waals surface area (Å²) in [5.41, 5.74) is 8.96. The van der Waals surface area contributed by atoms with Crippen LogP contribution >= 0.6 is 0 Å². The molecule has 0 aliphatic carbocycles. The minimum Gasteiger partial charge on any atom is -0.450 e. The van der Waals surface area contributed by atoms with E-state index in [-0.39, 0.29) is 0 Å². The van der Waals surface area contributed by atoms with Crippen LogP contribution in [0.2, 0.25) is 0 Å². The first-order valence-corrected chi connectivity index (χ1v) is 11.6. The first kappa shape index (κ1) is 19.4. The molecule has 159 valence electrons. The van der Waals surface area contributed by atoms with Gasteiger partial charge >= 0.3 is 7.48 Å². The van der Waals surface area contributed by atoms with Gasteiger partial charge in [-0.05, 0) is 34.4 Å². The van der Waals surface area contributed by atoms with Crippen molar-refractivity contribution >= 4 is 34.8 Å². The summed E-state index contributed by atoms with van der Waals surface area (Å²) in [6.07, 6.45) is 0. The van der Waals surface area contributed by atoms with Crippen molar-refractivity contribution in [1.29, 1.82) is 0 Å². The molecule has 0 spiro atoms. The third-order valence-electron chi connectivity index (χ3n) is 7.33. The van der Waals surface area contributed by atoms with Crippen LogP contribution in [0, 0.1) is 0 Å². The molecule has 34 heavy (non-hydrogen) atoms. The van der Waals surface area contributed by atoms with E-state index < -0.39 is 5.41 Å². The maximum atomic E-state index is 9.71. The lowest BCUT2D eigenvalue weighted by atomic mass is 9.63. The molecule has 0 atom stereocenters. The van der Waals surface area contributed by atoms with Crippen molar-refractivity contribution in [2.24, 2.45) is 0 Å². The second-order valence-corrected chi connectivity index (χ2v) is 8.94. The Morgan fingerprint density at radius 1 is 0.588 bits per heavy atom. The smallest absolute Gasteiger partial charge is 0.326 e. The monoisotopic (exact) mass is 434 g/mol. The molecule has 0 unspecified atom stereocenters. The predicted molar refractivity (Wildman–Crippen MR) is 140 cm³/mol. The predicted octanol–water partition coefficient (Wildman–Crippen LogP) is 5.72. The summed E-state index contributed by atoms with van der Waals surface area (Å²) in [5.74, 6) is 0. The van der Waals surface area contributed by atoms with Crippen molar-refractivity contribution in [3.63, 3.8) is 0 Å². The summed E-state index contributed by atoms with van der Waals surface area (Å²) in [7, 11) is 1.18. The van der Waals surface area contributed by atoms with Gasteiger partial charge in [0.25, 0.3) is 0 Å². The van der Waals surface area contributed by atoms with E-state index in [9.17, 15) is 5.02 Å². The van der Waals surface area contributed by atoms with Crippen molar-refractivity contribution in [1.82, 2.24) is 4.57 Å². The maximum absolute atomic E-state index is 9.71. The van der Waals surface area contributed by atoms with Gasteiger partial charge in [0.1, 0.15) is 0 Å². The molecule has 1 N–H and O–H groups in total. The van der Waals surface area contributed by atoms with E-state index in [4.69, 9.17) is 0 Å². The molecule has 1 aliphatic heterocycles. The highest BCUT2D eigenvalue weighted by Crippen LogP contribution is 2.53. The van der Waals surface area contributed by atoms with Gasteiger partial charge in [0.05, 0.1) is 22.1 Å². The number of fused-ring (bicyclic) bond motifs is 5. The summed E-state index contributed by atoms with van der Waals surface area (Å²) in [6.45, 7) is 0. The lowest BCUT2D eigenvalue weighted by Crippen LogP contribution is -2.35. The van der Waals surface area contributed by atoms with Gasteiger partial charge in [-0.3, -0.25) is 0 Å². The van der Waals surface area contributed by atoms with Crippen LogP contribution in [0.3, 0.4) is 0 Å². The van der Waals surface area contributed by atoms with Crippen molar-refractivity contribution < 1.29 is 5.02 Å².